The maximum atomic E-state index is 9.55. The molecule has 1 fully saturated rings. The Labute approximate surface area is 121 Å². The van der Waals surface area contributed by atoms with E-state index in [4.69, 9.17) is 4.74 Å². The molecule has 0 amide bonds. The van der Waals surface area contributed by atoms with Crippen LogP contribution in [-0.4, -0.2) is 42.4 Å². The first-order valence-electron chi connectivity index (χ1n) is 7.96. The molecular weight excluding hydrogens is 250 g/mol. The lowest BCUT2D eigenvalue weighted by atomic mass is 10.1. The van der Waals surface area contributed by atoms with Crippen molar-refractivity contribution >= 4 is 0 Å². The Morgan fingerprint density at radius 3 is 3.10 bits per heavy atom. The number of hydrogen-bond donors (Lipinski definition) is 1. The van der Waals surface area contributed by atoms with Crippen LogP contribution in [0.4, 0.5) is 0 Å². The second-order valence-corrected chi connectivity index (χ2v) is 6.01. The minimum Gasteiger partial charge on any atom is -0.493 e. The topological polar surface area (TPSA) is 32.7 Å². The fourth-order valence-corrected chi connectivity index (χ4v) is 3.41. The van der Waals surface area contributed by atoms with Crippen molar-refractivity contribution < 1.29 is 9.84 Å². The molecule has 1 unspecified atom stereocenters. The van der Waals surface area contributed by atoms with Gasteiger partial charge in [-0.3, -0.25) is 4.90 Å². The Morgan fingerprint density at radius 1 is 1.25 bits per heavy atom. The highest BCUT2D eigenvalue weighted by molar-refractivity contribution is 5.39. The highest BCUT2D eigenvalue weighted by Gasteiger charge is 2.20. The highest BCUT2D eigenvalue weighted by Crippen LogP contribution is 2.26. The van der Waals surface area contributed by atoms with Gasteiger partial charge in [-0.05, 0) is 43.0 Å². The molecule has 3 nitrogen and oxygen atoms in total. The van der Waals surface area contributed by atoms with Gasteiger partial charge in [0.2, 0.25) is 0 Å². The zero-order valence-electron chi connectivity index (χ0n) is 12.2. The molecule has 1 N–H and O–H groups in total. The summed E-state index contributed by atoms with van der Waals surface area (Å²) < 4.78 is 5.56. The summed E-state index contributed by atoms with van der Waals surface area (Å²) in [4.78, 5) is 2.48. The molecule has 110 valence electrons. The molecule has 20 heavy (non-hydrogen) atoms. The maximum absolute atomic E-state index is 9.55. The third-order valence-electron chi connectivity index (χ3n) is 4.65. The van der Waals surface area contributed by atoms with Gasteiger partial charge in [0.15, 0.2) is 0 Å². The van der Waals surface area contributed by atoms with E-state index in [1.807, 2.05) is 0 Å². The molecule has 1 saturated heterocycles. The fourth-order valence-electron chi connectivity index (χ4n) is 3.41. The first-order chi connectivity index (χ1) is 9.86. The van der Waals surface area contributed by atoms with Crippen molar-refractivity contribution in [3.8, 4) is 5.75 Å². The lowest BCUT2D eigenvalue weighted by Gasteiger charge is -2.28. The van der Waals surface area contributed by atoms with E-state index in [1.165, 1.54) is 30.4 Å². The van der Waals surface area contributed by atoms with Crippen LogP contribution in [0, 0.1) is 0 Å². The van der Waals surface area contributed by atoms with Crippen molar-refractivity contribution in [1.29, 1.82) is 0 Å². The number of hydrogen-bond acceptors (Lipinski definition) is 3. The molecule has 1 aromatic carbocycles. The SMILES string of the molecule is OCC1CCCCCN1CCc1ccc2c(c1)CCO2. The van der Waals surface area contributed by atoms with E-state index in [9.17, 15) is 5.11 Å². The summed E-state index contributed by atoms with van der Waals surface area (Å²) in [5.74, 6) is 1.07. The standard InChI is InChI=1S/C17H25NO2/c19-13-16-4-2-1-3-9-18(16)10-7-14-5-6-17-15(12-14)8-11-20-17/h5-6,12,16,19H,1-4,7-11,13H2. The Bertz CT molecular complexity index is 447. The average Bonchev–Trinajstić information content (AvgIpc) is 2.82. The number of aliphatic hydroxyl groups excluding tert-OH is 1. The van der Waals surface area contributed by atoms with Crippen LogP contribution in [-0.2, 0) is 12.8 Å². The molecule has 0 aromatic heterocycles. The smallest absolute Gasteiger partial charge is 0.122 e. The number of ether oxygens (including phenoxy) is 1. The number of rotatable bonds is 4. The average molecular weight is 275 g/mol. The zero-order chi connectivity index (χ0) is 13.8. The largest absolute Gasteiger partial charge is 0.493 e. The second-order valence-electron chi connectivity index (χ2n) is 6.01. The van der Waals surface area contributed by atoms with Crippen molar-refractivity contribution in [1.82, 2.24) is 4.90 Å². The Hall–Kier alpha value is -1.06. The number of nitrogens with zero attached hydrogens (tertiary/aromatic N) is 1. The van der Waals surface area contributed by atoms with Gasteiger partial charge in [-0.1, -0.05) is 25.0 Å². The molecule has 2 aliphatic rings. The van der Waals surface area contributed by atoms with Crippen molar-refractivity contribution in [2.75, 3.05) is 26.3 Å². The van der Waals surface area contributed by atoms with Crippen LogP contribution in [0.15, 0.2) is 18.2 Å². The highest BCUT2D eigenvalue weighted by atomic mass is 16.5. The third kappa shape index (κ3) is 3.15. The van der Waals surface area contributed by atoms with Gasteiger partial charge >= 0.3 is 0 Å². The van der Waals surface area contributed by atoms with E-state index in [2.05, 4.69) is 23.1 Å². The number of likely N-dealkylation sites (tertiary alicyclic amines) is 1. The van der Waals surface area contributed by atoms with Crippen molar-refractivity contribution in [2.45, 2.75) is 44.6 Å². The van der Waals surface area contributed by atoms with Gasteiger partial charge in [0.25, 0.3) is 0 Å². The third-order valence-corrected chi connectivity index (χ3v) is 4.65. The maximum Gasteiger partial charge on any atom is 0.122 e. The predicted octanol–water partition coefficient (Wildman–Crippen LogP) is 2.40. The lowest BCUT2D eigenvalue weighted by Crippen LogP contribution is -2.38. The quantitative estimate of drug-likeness (QED) is 0.916. The Morgan fingerprint density at radius 2 is 2.20 bits per heavy atom. The summed E-state index contributed by atoms with van der Waals surface area (Å²) in [5.41, 5.74) is 2.76. The van der Waals surface area contributed by atoms with E-state index in [-0.39, 0.29) is 0 Å². The first kappa shape index (κ1) is 13.9. The van der Waals surface area contributed by atoms with Crippen molar-refractivity contribution in [3.63, 3.8) is 0 Å². The summed E-state index contributed by atoms with van der Waals surface area (Å²) >= 11 is 0. The van der Waals surface area contributed by atoms with Gasteiger partial charge < -0.3 is 9.84 Å². The van der Waals surface area contributed by atoms with E-state index < -0.39 is 0 Å². The summed E-state index contributed by atoms with van der Waals surface area (Å²) in [5, 5.41) is 9.55. The first-order valence-corrected chi connectivity index (χ1v) is 7.96. The lowest BCUT2D eigenvalue weighted by molar-refractivity contribution is 0.125. The van der Waals surface area contributed by atoms with E-state index >= 15 is 0 Å². The number of fused-ring (bicyclic) bond motifs is 1. The minimum absolute atomic E-state index is 0.304. The molecule has 1 aromatic rings. The van der Waals surface area contributed by atoms with Crippen LogP contribution in [0.5, 0.6) is 5.75 Å². The molecule has 1 atom stereocenters. The van der Waals surface area contributed by atoms with Gasteiger partial charge in [0, 0.05) is 19.0 Å². The van der Waals surface area contributed by atoms with Gasteiger partial charge in [-0.15, -0.1) is 0 Å². The van der Waals surface area contributed by atoms with E-state index in [1.54, 1.807) is 0 Å². The van der Waals surface area contributed by atoms with Crippen LogP contribution >= 0.6 is 0 Å². The van der Waals surface area contributed by atoms with Crippen LogP contribution in [0.2, 0.25) is 0 Å². The molecule has 2 heterocycles. The summed E-state index contributed by atoms with van der Waals surface area (Å²) in [7, 11) is 0. The molecule has 2 aliphatic heterocycles. The summed E-state index contributed by atoms with van der Waals surface area (Å²) in [6.45, 7) is 3.33. The van der Waals surface area contributed by atoms with Crippen LogP contribution in [0.25, 0.3) is 0 Å². The van der Waals surface area contributed by atoms with Gasteiger partial charge in [-0.2, -0.15) is 0 Å². The van der Waals surface area contributed by atoms with Gasteiger partial charge in [-0.25, -0.2) is 0 Å². The molecular formula is C17H25NO2. The Balaban J connectivity index is 1.60. The zero-order valence-corrected chi connectivity index (χ0v) is 12.2. The van der Waals surface area contributed by atoms with Crippen LogP contribution in [0.1, 0.15) is 36.8 Å². The van der Waals surface area contributed by atoms with Crippen LogP contribution in [0.3, 0.4) is 0 Å². The van der Waals surface area contributed by atoms with Crippen molar-refractivity contribution in [2.24, 2.45) is 0 Å². The summed E-state index contributed by atoms with van der Waals surface area (Å²) in [6.07, 6.45) is 7.11. The second kappa shape index (κ2) is 6.59. The summed E-state index contributed by atoms with van der Waals surface area (Å²) in [6, 6.07) is 6.98. The normalized spacial score (nSPS) is 23.1. The van der Waals surface area contributed by atoms with E-state index in [0.717, 1.165) is 44.7 Å². The molecule has 0 saturated carbocycles. The van der Waals surface area contributed by atoms with Crippen molar-refractivity contribution in [3.05, 3.63) is 29.3 Å². The molecule has 0 bridgehead atoms. The molecule has 0 spiro atoms. The molecule has 3 rings (SSSR count). The van der Waals surface area contributed by atoms with Gasteiger partial charge in [0.1, 0.15) is 5.75 Å². The molecule has 3 heteroatoms. The monoisotopic (exact) mass is 275 g/mol. The Kier molecular flexibility index (Phi) is 4.58. The molecule has 0 aliphatic carbocycles. The fraction of sp³-hybridized carbons (Fsp3) is 0.647. The molecule has 0 radical (unpaired) electrons. The van der Waals surface area contributed by atoms with Gasteiger partial charge in [0.05, 0.1) is 13.2 Å². The van der Waals surface area contributed by atoms with Crippen LogP contribution < -0.4 is 4.74 Å². The van der Waals surface area contributed by atoms with E-state index in [0.29, 0.717) is 12.6 Å². The predicted molar refractivity (Wildman–Crippen MR) is 80.3 cm³/mol. The number of aliphatic hydroxyl groups is 1. The number of benzene rings is 1. The minimum atomic E-state index is 0.304.